The minimum absolute atomic E-state index is 0.0224. The molecule has 2 aromatic carbocycles. The van der Waals surface area contributed by atoms with Crippen LogP contribution in [0.3, 0.4) is 0 Å². The standard InChI is InChI=1S/C36H42ClF4N11O5/c1-3-49(12-11-48(10-4-9-42)21-30(53)54)35(57)51-15-13-50(14-16-51)34(56)24-7-6-23(18-26(24)37)45-33(55)32-44-19-29(47(32)2)25-20-52(46-31(25)36(39,40)41)28-8-5-22(43)17-27(28)38/h5-8,17-20H,3-4,9-16,21,42-43H2,1-2H3,(H,45,55)(H,53,54)/p+1. The zero-order valence-electron chi connectivity index (χ0n) is 31.2. The van der Waals surface area contributed by atoms with Gasteiger partial charge in [0.1, 0.15) is 5.69 Å². The van der Waals surface area contributed by atoms with Crippen molar-refractivity contribution in [3.8, 4) is 16.9 Å². The average Bonchev–Trinajstić information content (AvgIpc) is 3.77. The van der Waals surface area contributed by atoms with Crippen molar-refractivity contribution >= 4 is 46.8 Å². The van der Waals surface area contributed by atoms with Gasteiger partial charge in [0.15, 0.2) is 23.9 Å². The van der Waals surface area contributed by atoms with Gasteiger partial charge < -0.3 is 46.1 Å². The van der Waals surface area contributed by atoms with E-state index in [1.54, 1.807) is 14.7 Å². The van der Waals surface area contributed by atoms with E-state index in [9.17, 15) is 41.8 Å². The highest BCUT2D eigenvalue weighted by Crippen LogP contribution is 2.37. The number of nitrogens with one attached hydrogen (secondary N) is 2. The van der Waals surface area contributed by atoms with E-state index in [4.69, 9.17) is 23.1 Å². The lowest BCUT2D eigenvalue weighted by Gasteiger charge is -2.37. The van der Waals surface area contributed by atoms with Crippen molar-refractivity contribution < 1.29 is 46.7 Å². The van der Waals surface area contributed by atoms with Gasteiger partial charge >= 0.3 is 18.2 Å². The molecule has 1 saturated heterocycles. The third-order valence-corrected chi connectivity index (χ3v) is 9.80. The van der Waals surface area contributed by atoms with Crippen LogP contribution in [0.15, 0.2) is 48.8 Å². The topological polar surface area (TPSA) is 202 Å². The fourth-order valence-electron chi connectivity index (χ4n) is 6.45. The number of aromatic nitrogens is 4. The molecule has 1 unspecified atom stereocenters. The SMILES string of the molecule is CCN(CC[NH+](CCCN)CC(=O)O)C(=O)N1CCN(C(=O)c2ccc(NC(=O)c3ncc(-c4cn(-c5ccc(N)cc5F)nc4C(F)(F)F)n3C)cc2Cl)CC1. The summed E-state index contributed by atoms with van der Waals surface area (Å²) in [4.78, 5) is 61.0. The molecule has 21 heteroatoms. The number of carboxylic acid groups (broad SMARTS) is 1. The first-order valence-corrected chi connectivity index (χ1v) is 18.3. The zero-order chi connectivity index (χ0) is 41.6. The second-order valence-corrected chi connectivity index (χ2v) is 13.7. The Kier molecular flexibility index (Phi) is 13.4. The average molecular weight is 821 g/mol. The number of nitrogen functional groups attached to an aromatic ring is 1. The smallest absolute Gasteiger partial charge is 0.435 e. The van der Waals surface area contributed by atoms with Crippen LogP contribution in [-0.4, -0.2) is 128 Å². The van der Waals surface area contributed by atoms with E-state index >= 15 is 0 Å². The first-order chi connectivity index (χ1) is 27.0. The number of urea groups is 1. The lowest BCUT2D eigenvalue weighted by Crippen LogP contribution is -3.13. The highest BCUT2D eigenvalue weighted by molar-refractivity contribution is 6.34. The quantitative estimate of drug-likeness (QED) is 0.0936. The summed E-state index contributed by atoms with van der Waals surface area (Å²) >= 11 is 6.50. The van der Waals surface area contributed by atoms with Crippen molar-refractivity contribution in [2.24, 2.45) is 12.8 Å². The number of hydrogen-bond donors (Lipinski definition) is 5. The molecule has 2 aromatic heterocycles. The maximum absolute atomic E-state index is 14.6. The summed E-state index contributed by atoms with van der Waals surface area (Å²) in [6, 6.07) is 7.47. The van der Waals surface area contributed by atoms with E-state index in [2.05, 4.69) is 15.4 Å². The van der Waals surface area contributed by atoms with E-state index in [-0.39, 0.29) is 77.9 Å². The predicted molar refractivity (Wildman–Crippen MR) is 202 cm³/mol. The number of benzene rings is 2. The van der Waals surface area contributed by atoms with Crippen LogP contribution in [0, 0.1) is 5.82 Å². The number of hydrogen-bond acceptors (Lipinski definition) is 8. The first-order valence-electron chi connectivity index (χ1n) is 18.0. The summed E-state index contributed by atoms with van der Waals surface area (Å²) in [5.74, 6) is -3.27. The van der Waals surface area contributed by atoms with Gasteiger partial charge in [-0.1, -0.05) is 11.6 Å². The highest BCUT2D eigenvalue weighted by Gasteiger charge is 2.39. The van der Waals surface area contributed by atoms with Gasteiger partial charge in [0.2, 0.25) is 0 Å². The van der Waals surface area contributed by atoms with Gasteiger partial charge in [0.25, 0.3) is 11.8 Å². The second-order valence-electron chi connectivity index (χ2n) is 13.3. The molecule has 16 nitrogen and oxygen atoms in total. The summed E-state index contributed by atoms with van der Waals surface area (Å²) in [6.45, 7) is 5.01. The number of halogens is 5. The number of nitrogens with two attached hydrogens (primary N) is 2. The van der Waals surface area contributed by atoms with Crippen molar-refractivity contribution in [2.45, 2.75) is 19.5 Å². The van der Waals surface area contributed by atoms with Crippen LogP contribution >= 0.6 is 11.6 Å². The van der Waals surface area contributed by atoms with Crippen LogP contribution in [0.2, 0.25) is 5.02 Å². The summed E-state index contributed by atoms with van der Waals surface area (Å²) in [5, 5.41) is 15.4. The van der Waals surface area contributed by atoms with Gasteiger partial charge in [0, 0.05) is 63.8 Å². The van der Waals surface area contributed by atoms with Crippen molar-refractivity contribution in [1.29, 1.82) is 0 Å². The van der Waals surface area contributed by atoms with E-state index in [0.29, 0.717) is 39.1 Å². The van der Waals surface area contributed by atoms with E-state index in [1.807, 2.05) is 6.92 Å². The third-order valence-electron chi connectivity index (χ3n) is 9.49. The number of alkyl halides is 3. The van der Waals surface area contributed by atoms with E-state index in [1.165, 1.54) is 37.4 Å². The van der Waals surface area contributed by atoms with Crippen LogP contribution < -0.4 is 21.7 Å². The monoisotopic (exact) mass is 820 g/mol. The van der Waals surface area contributed by atoms with Gasteiger partial charge in [-0.3, -0.25) is 9.59 Å². The van der Waals surface area contributed by atoms with Crippen molar-refractivity contribution in [3.05, 3.63) is 76.7 Å². The van der Waals surface area contributed by atoms with Crippen LogP contribution in [0.1, 0.15) is 40.0 Å². The van der Waals surface area contributed by atoms with Crippen molar-refractivity contribution in [1.82, 2.24) is 34.0 Å². The Bertz CT molecular complexity index is 2120. The Balaban J connectivity index is 1.21. The van der Waals surface area contributed by atoms with Crippen LogP contribution in [0.25, 0.3) is 16.9 Å². The number of quaternary nitrogens is 1. The molecule has 3 heterocycles. The Labute approximate surface area is 329 Å². The summed E-state index contributed by atoms with van der Waals surface area (Å²) < 4.78 is 58.7. The molecule has 7 N–H and O–H groups in total. The zero-order valence-corrected chi connectivity index (χ0v) is 31.9. The van der Waals surface area contributed by atoms with Gasteiger partial charge in [0.05, 0.1) is 47.7 Å². The number of carbonyl (C=O) groups is 4. The number of nitrogens with zero attached hydrogens (tertiary/aromatic N) is 7. The molecule has 4 amide bonds. The number of piperazine rings is 1. The third kappa shape index (κ3) is 9.99. The molecule has 1 aliphatic heterocycles. The molecule has 4 aromatic rings. The fraction of sp³-hybridized carbons (Fsp3) is 0.389. The Morgan fingerprint density at radius 1 is 1.05 bits per heavy atom. The number of anilines is 2. The molecule has 5 rings (SSSR count). The summed E-state index contributed by atoms with van der Waals surface area (Å²) in [7, 11) is 1.34. The number of rotatable bonds is 14. The molecule has 57 heavy (non-hydrogen) atoms. The van der Waals surface area contributed by atoms with Crippen LogP contribution in [0.5, 0.6) is 0 Å². The molecular formula is C36H43ClF4N11O5+. The number of aliphatic carboxylic acids is 1. The van der Waals surface area contributed by atoms with E-state index < -0.39 is 41.0 Å². The lowest BCUT2D eigenvalue weighted by molar-refractivity contribution is -0.892. The van der Waals surface area contributed by atoms with Gasteiger partial charge in [-0.2, -0.15) is 18.3 Å². The number of carboxylic acids is 1. The number of carbonyl (C=O) groups excluding carboxylic acids is 3. The van der Waals surface area contributed by atoms with Gasteiger partial charge in [-0.15, -0.1) is 0 Å². The van der Waals surface area contributed by atoms with E-state index in [0.717, 1.165) is 32.6 Å². The number of amides is 4. The molecule has 0 aliphatic carbocycles. The van der Waals surface area contributed by atoms with Crippen molar-refractivity contribution in [3.63, 3.8) is 0 Å². The second kappa shape index (κ2) is 18.0. The number of likely N-dealkylation sites (N-methyl/N-ethyl adjacent to an activating group) is 1. The molecule has 1 atom stereocenters. The molecule has 0 spiro atoms. The summed E-state index contributed by atoms with van der Waals surface area (Å²) in [6.07, 6.45) is -2.23. The minimum atomic E-state index is -4.94. The Morgan fingerprint density at radius 2 is 1.75 bits per heavy atom. The van der Waals surface area contributed by atoms with Crippen LogP contribution in [-0.2, 0) is 18.0 Å². The van der Waals surface area contributed by atoms with Crippen LogP contribution in [0.4, 0.5) is 33.7 Å². The van der Waals surface area contributed by atoms with Gasteiger partial charge in [-0.25, -0.2) is 23.6 Å². The first kappa shape index (κ1) is 42.4. The fourth-order valence-corrected chi connectivity index (χ4v) is 6.71. The Hall–Kier alpha value is -5.73. The van der Waals surface area contributed by atoms with Crippen molar-refractivity contribution in [2.75, 3.05) is 76.5 Å². The maximum atomic E-state index is 14.6. The predicted octanol–water partition coefficient (Wildman–Crippen LogP) is 2.44. The summed E-state index contributed by atoms with van der Waals surface area (Å²) in [5.41, 5.74) is 9.38. The normalized spacial score (nSPS) is 13.8. The molecule has 306 valence electrons. The molecule has 0 radical (unpaired) electrons. The van der Waals surface area contributed by atoms with Gasteiger partial charge in [-0.05, 0) is 49.9 Å². The minimum Gasteiger partial charge on any atom is -0.477 e. The molecule has 0 bridgehead atoms. The lowest BCUT2D eigenvalue weighted by atomic mass is 10.1. The molecule has 0 saturated carbocycles. The molecule has 1 fully saturated rings. The highest BCUT2D eigenvalue weighted by atomic mass is 35.5. The molecule has 1 aliphatic rings. The Morgan fingerprint density at radius 3 is 2.37 bits per heavy atom. The largest absolute Gasteiger partial charge is 0.477 e. The maximum Gasteiger partial charge on any atom is 0.435 e. The number of imidazole rings is 1. The molecular weight excluding hydrogens is 778 g/mol.